The van der Waals surface area contributed by atoms with Crippen LogP contribution in [-0.2, 0) is 0 Å². The first-order valence-electron chi connectivity index (χ1n) is 3.56. The van der Waals surface area contributed by atoms with Crippen LogP contribution in [0.2, 0.25) is 0 Å². The van der Waals surface area contributed by atoms with Crippen LogP contribution < -0.4 is 10.2 Å². The second-order valence-electron chi connectivity index (χ2n) is 2.48. The van der Waals surface area contributed by atoms with Gasteiger partial charge in [0.2, 0.25) is 5.82 Å². The molecule has 0 saturated carbocycles. The fourth-order valence-corrected chi connectivity index (χ4v) is 0.972. The number of rotatable bonds is 2. The predicted octanol–water partition coefficient (Wildman–Crippen LogP) is -0.208. The first-order valence-corrected chi connectivity index (χ1v) is 3.56. The summed E-state index contributed by atoms with van der Waals surface area (Å²) in [6.45, 7) is 0. The molecule has 7 heteroatoms. The Morgan fingerprint density at radius 2 is 1.79 bits per heavy atom. The Hall–Kier alpha value is -1.21. The molecule has 0 heterocycles. The van der Waals surface area contributed by atoms with Gasteiger partial charge in [-0.1, -0.05) is 0 Å². The molecule has 1 aromatic rings. The summed E-state index contributed by atoms with van der Waals surface area (Å²) in [5, 5.41) is 17.1. The summed E-state index contributed by atoms with van der Waals surface area (Å²) in [5.74, 6) is -5.23. The van der Waals surface area contributed by atoms with Gasteiger partial charge in [-0.15, -0.1) is 0 Å². The lowest BCUT2D eigenvalue weighted by atomic mass is 9.79. The molecule has 0 bridgehead atoms. The van der Waals surface area contributed by atoms with Gasteiger partial charge in [-0.05, 0) is 6.07 Å². The molecule has 0 aliphatic carbocycles. The largest absolute Gasteiger partial charge is 0.491 e. The van der Waals surface area contributed by atoms with Crippen LogP contribution in [0.3, 0.4) is 0 Å². The van der Waals surface area contributed by atoms with Crippen LogP contribution in [0.5, 0.6) is 5.75 Å². The lowest BCUT2D eigenvalue weighted by Crippen LogP contribution is -2.34. The number of benzene rings is 1. The molecule has 0 unspecified atom stereocenters. The van der Waals surface area contributed by atoms with E-state index in [2.05, 4.69) is 4.74 Å². The van der Waals surface area contributed by atoms with Gasteiger partial charge in [-0.2, -0.15) is 4.39 Å². The SMILES string of the molecule is COc1c(F)cc(B(O)O)c(F)c1F. The zero-order chi connectivity index (χ0) is 10.9. The Balaban J connectivity index is 3.40. The third-order valence-corrected chi connectivity index (χ3v) is 1.63. The van der Waals surface area contributed by atoms with E-state index < -0.39 is 35.8 Å². The molecular weight excluding hydrogens is 200 g/mol. The fourth-order valence-electron chi connectivity index (χ4n) is 0.972. The molecular formula is C7H6BF3O3. The van der Waals surface area contributed by atoms with E-state index in [1.54, 1.807) is 0 Å². The Kier molecular flexibility index (Phi) is 3.02. The highest BCUT2D eigenvalue weighted by Gasteiger charge is 2.25. The Bertz CT molecular complexity index is 357. The summed E-state index contributed by atoms with van der Waals surface area (Å²) in [4.78, 5) is 0. The quantitative estimate of drug-likeness (QED) is 0.520. The monoisotopic (exact) mass is 206 g/mol. The van der Waals surface area contributed by atoms with Gasteiger partial charge in [0, 0.05) is 5.46 Å². The molecule has 0 spiro atoms. The molecule has 14 heavy (non-hydrogen) atoms. The van der Waals surface area contributed by atoms with Crippen LogP contribution in [0, 0.1) is 17.5 Å². The normalized spacial score (nSPS) is 10.1. The molecule has 0 fully saturated rings. The van der Waals surface area contributed by atoms with Crippen LogP contribution >= 0.6 is 0 Å². The maximum Gasteiger partial charge on any atom is 0.491 e. The van der Waals surface area contributed by atoms with Crippen LogP contribution in [0.1, 0.15) is 0 Å². The van der Waals surface area contributed by atoms with E-state index in [0.717, 1.165) is 7.11 Å². The van der Waals surface area contributed by atoms with E-state index in [1.807, 2.05) is 0 Å². The molecule has 1 aromatic carbocycles. The van der Waals surface area contributed by atoms with E-state index >= 15 is 0 Å². The zero-order valence-corrected chi connectivity index (χ0v) is 7.09. The van der Waals surface area contributed by atoms with Gasteiger partial charge >= 0.3 is 7.12 Å². The average Bonchev–Trinajstić information content (AvgIpc) is 2.12. The predicted molar refractivity (Wildman–Crippen MR) is 42.7 cm³/mol. The van der Waals surface area contributed by atoms with Crippen molar-refractivity contribution < 1.29 is 28.0 Å². The van der Waals surface area contributed by atoms with Gasteiger partial charge < -0.3 is 14.8 Å². The van der Waals surface area contributed by atoms with Crippen molar-refractivity contribution in [2.24, 2.45) is 0 Å². The molecule has 0 radical (unpaired) electrons. The molecule has 0 aliphatic heterocycles. The molecule has 0 aliphatic rings. The van der Waals surface area contributed by atoms with Crippen molar-refractivity contribution >= 4 is 12.6 Å². The summed E-state index contributed by atoms with van der Waals surface area (Å²) in [7, 11) is -1.31. The average molecular weight is 206 g/mol. The van der Waals surface area contributed by atoms with E-state index in [0.29, 0.717) is 6.07 Å². The van der Waals surface area contributed by atoms with E-state index in [9.17, 15) is 13.2 Å². The van der Waals surface area contributed by atoms with Crippen molar-refractivity contribution in [2.75, 3.05) is 7.11 Å². The summed E-state index contributed by atoms with van der Waals surface area (Å²) < 4.78 is 43.0. The number of hydrogen-bond donors (Lipinski definition) is 2. The smallest absolute Gasteiger partial charge is 0.491 e. The highest BCUT2D eigenvalue weighted by molar-refractivity contribution is 6.58. The minimum Gasteiger partial charge on any atom is -0.491 e. The van der Waals surface area contributed by atoms with Crippen molar-refractivity contribution in [3.63, 3.8) is 0 Å². The van der Waals surface area contributed by atoms with Gasteiger partial charge in [0.1, 0.15) is 0 Å². The Labute approximate surface area is 77.9 Å². The van der Waals surface area contributed by atoms with E-state index in [1.165, 1.54) is 0 Å². The molecule has 76 valence electrons. The summed E-state index contributed by atoms with van der Waals surface area (Å²) in [5.41, 5.74) is -0.874. The van der Waals surface area contributed by atoms with E-state index in [-0.39, 0.29) is 0 Å². The Morgan fingerprint density at radius 3 is 2.21 bits per heavy atom. The molecule has 3 nitrogen and oxygen atoms in total. The first kappa shape index (κ1) is 10.9. The molecule has 2 N–H and O–H groups in total. The van der Waals surface area contributed by atoms with Crippen molar-refractivity contribution in [2.45, 2.75) is 0 Å². The van der Waals surface area contributed by atoms with E-state index in [4.69, 9.17) is 10.0 Å². The summed E-state index contributed by atoms with van der Waals surface area (Å²) >= 11 is 0. The standard InChI is InChI=1S/C7H6BF3O3/c1-14-7-4(9)2-3(8(12)13)5(10)6(7)11/h2,12-13H,1H3. The third kappa shape index (κ3) is 1.68. The maximum absolute atomic E-state index is 12.9. The fraction of sp³-hybridized carbons (Fsp3) is 0.143. The number of ether oxygens (including phenoxy) is 1. The van der Waals surface area contributed by atoms with Gasteiger partial charge in [-0.25, -0.2) is 8.78 Å². The van der Waals surface area contributed by atoms with Crippen LogP contribution in [0.25, 0.3) is 0 Å². The van der Waals surface area contributed by atoms with Gasteiger partial charge in [0.05, 0.1) is 7.11 Å². The second kappa shape index (κ2) is 3.89. The molecule has 0 amide bonds. The first-order chi connectivity index (χ1) is 6.49. The van der Waals surface area contributed by atoms with Crippen molar-refractivity contribution in [1.82, 2.24) is 0 Å². The highest BCUT2D eigenvalue weighted by Crippen LogP contribution is 2.22. The minimum atomic E-state index is -2.27. The lowest BCUT2D eigenvalue weighted by molar-refractivity contribution is 0.346. The molecule has 1 rings (SSSR count). The number of methoxy groups -OCH3 is 1. The second-order valence-corrected chi connectivity index (χ2v) is 2.48. The number of halogens is 3. The minimum absolute atomic E-state index is 0.460. The third-order valence-electron chi connectivity index (χ3n) is 1.63. The molecule has 0 saturated heterocycles. The Morgan fingerprint density at radius 1 is 1.21 bits per heavy atom. The lowest BCUT2D eigenvalue weighted by Gasteiger charge is -2.07. The van der Waals surface area contributed by atoms with Crippen LogP contribution in [-0.4, -0.2) is 24.3 Å². The van der Waals surface area contributed by atoms with Gasteiger partial charge in [-0.3, -0.25) is 0 Å². The molecule has 0 atom stereocenters. The summed E-state index contributed by atoms with van der Waals surface area (Å²) in [6, 6.07) is 0.460. The van der Waals surface area contributed by atoms with Crippen LogP contribution in [0.4, 0.5) is 13.2 Å². The summed E-state index contributed by atoms with van der Waals surface area (Å²) in [6.07, 6.45) is 0. The van der Waals surface area contributed by atoms with Gasteiger partial charge in [0.25, 0.3) is 0 Å². The van der Waals surface area contributed by atoms with Crippen molar-refractivity contribution in [3.8, 4) is 5.75 Å². The topological polar surface area (TPSA) is 49.7 Å². The van der Waals surface area contributed by atoms with Crippen molar-refractivity contribution in [1.29, 1.82) is 0 Å². The zero-order valence-electron chi connectivity index (χ0n) is 7.09. The molecule has 0 aromatic heterocycles. The van der Waals surface area contributed by atoms with Crippen molar-refractivity contribution in [3.05, 3.63) is 23.5 Å². The number of hydrogen-bond acceptors (Lipinski definition) is 3. The maximum atomic E-state index is 12.9. The van der Waals surface area contributed by atoms with Crippen LogP contribution in [0.15, 0.2) is 6.07 Å². The van der Waals surface area contributed by atoms with Gasteiger partial charge in [0.15, 0.2) is 17.4 Å². The highest BCUT2D eigenvalue weighted by atomic mass is 19.2.